The molecule has 0 bridgehead atoms. The molecular formula is C16H19BrN4O4. The van der Waals surface area contributed by atoms with E-state index in [0.29, 0.717) is 25.3 Å². The molecule has 1 aromatic heterocycles. The molecule has 0 aliphatic carbocycles. The Hall–Kier alpha value is -2.42. The number of nitrogens with zero attached hydrogens (tertiary/aromatic N) is 2. The summed E-state index contributed by atoms with van der Waals surface area (Å²) in [5.74, 6) is 0.272. The van der Waals surface area contributed by atoms with Crippen molar-refractivity contribution in [3.63, 3.8) is 0 Å². The van der Waals surface area contributed by atoms with Crippen molar-refractivity contribution in [1.29, 1.82) is 0 Å². The zero-order chi connectivity index (χ0) is 18.1. The molecule has 0 aliphatic heterocycles. The van der Waals surface area contributed by atoms with E-state index in [9.17, 15) is 9.59 Å². The first-order valence-corrected chi connectivity index (χ1v) is 8.62. The minimum absolute atomic E-state index is 0.0560. The summed E-state index contributed by atoms with van der Waals surface area (Å²) in [7, 11) is 0. The van der Waals surface area contributed by atoms with Gasteiger partial charge in [0.25, 0.3) is 5.89 Å². The third kappa shape index (κ3) is 6.54. The monoisotopic (exact) mass is 410 g/mol. The molecule has 2 aromatic rings. The zero-order valence-electron chi connectivity index (χ0n) is 13.5. The molecule has 0 radical (unpaired) electrons. The highest BCUT2D eigenvalue weighted by Gasteiger charge is 2.12. The summed E-state index contributed by atoms with van der Waals surface area (Å²) < 4.78 is 11.5. The number of unbranched alkanes of at least 4 members (excludes halogenated alkanes) is 2. The zero-order valence-corrected chi connectivity index (χ0v) is 15.1. The number of amides is 2. The van der Waals surface area contributed by atoms with Gasteiger partial charge in [-0.05, 0) is 40.9 Å². The van der Waals surface area contributed by atoms with Crippen molar-refractivity contribution in [2.24, 2.45) is 5.73 Å². The summed E-state index contributed by atoms with van der Waals surface area (Å²) in [5.41, 5.74) is 5.73. The molecule has 0 aliphatic rings. The first-order chi connectivity index (χ1) is 12.1. The molecule has 0 saturated heterocycles. The summed E-state index contributed by atoms with van der Waals surface area (Å²) in [6.07, 6.45) is 2.52. The van der Waals surface area contributed by atoms with Crippen molar-refractivity contribution in [2.45, 2.75) is 32.3 Å². The molecule has 0 atom stereocenters. The summed E-state index contributed by atoms with van der Waals surface area (Å²) in [4.78, 5) is 22.2. The van der Waals surface area contributed by atoms with Crippen LogP contribution >= 0.6 is 15.9 Å². The summed E-state index contributed by atoms with van der Waals surface area (Å²) in [6, 6.07) is 6.93. The Labute approximate surface area is 153 Å². The normalized spacial score (nSPS) is 10.4. The van der Waals surface area contributed by atoms with Crippen LogP contribution in [0, 0.1) is 0 Å². The first kappa shape index (κ1) is 18.9. The molecule has 2 amide bonds. The first-order valence-electron chi connectivity index (χ1n) is 7.82. The van der Waals surface area contributed by atoms with Crippen molar-refractivity contribution in [1.82, 2.24) is 15.5 Å². The molecule has 9 heteroatoms. The number of hydrogen-bond donors (Lipinski definition) is 2. The quantitative estimate of drug-likeness (QED) is 0.484. The number of benzene rings is 1. The van der Waals surface area contributed by atoms with Crippen LogP contribution in [-0.2, 0) is 16.1 Å². The molecule has 134 valence electrons. The van der Waals surface area contributed by atoms with Gasteiger partial charge in [0.05, 0.1) is 5.56 Å². The van der Waals surface area contributed by atoms with E-state index in [1.807, 2.05) is 24.3 Å². The Kier molecular flexibility index (Phi) is 7.39. The molecule has 2 rings (SSSR count). The molecular weight excluding hydrogens is 392 g/mol. The second kappa shape index (κ2) is 9.77. The van der Waals surface area contributed by atoms with Gasteiger partial charge in [0.2, 0.25) is 5.89 Å². The number of ether oxygens (including phenoxy) is 1. The molecule has 3 N–H and O–H groups in total. The molecule has 0 fully saturated rings. The minimum Gasteiger partial charge on any atom is -0.456 e. The standard InChI is InChI=1S/C16H19BrN4O4/c17-12-7-4-3-6-11(12)15-21-20-13(25-15)10-24-14(22)8-2-1-5-9-19-16(18)23/h3-4,6-7H,1-2,5,8-10H2,(H3,18,19,23). The predicted molar refractivity (Wildman–Crippen MR) is 93.3 cm³/mol. The maximum atomic E-state index is 11.7. The summed E-state index contributed by atoms with van der Waals surface area (Å²) in [6.45, 7) is 0.448. The number of aromatic nitrogens is 2. The third-order valence-corrected chi connectivity index (χ3v) is 3.98. The second-order valence-corrected chi connectivity index (χ2v) is 6.10. The lowest BCUT2D eigenvalue weighted by molar-refractivity contribution is -0.145. The van der Waals surface area contributed by atoms with Crippen molar-refractivity contribution in [2.75, 3.05) is 6.54 Å². The van der Waals surface area contributed by atoms with E-state index in [1.165, 1.54) is 0 Å². The SMILES string of the molecule is NC(=O)NCCCCCC(=O)OCc1nnc(-c2ccccc2Br)o1. The van der Waals surface area contributed by atoms with Crippen LogP contribution in [0.15, 0.2) is 33.2 Å². The van der Waals surface area contributed by atoms with Gasteiger partial charge in [-0.2, -0.15) is 0 Å². The second-order valence-electron chi connectivity index (χ2n) is 5.24. The van der Waals surface area contributed by atoms with E-state index in [2.05, 4.69) is 31.4 Å². The molecule has 0 unspecified atom stereocenters. The average molecular weight is 411 g/mol. The Morgan fingerprint density at radius 1 is 1.20 bits per heavy atom. The lowest BCUT2D eigenvalue weighted by atomic mass is 10.2. The number of halogens is 1. The van der Waals surface area contributed by atoms with Crippen molar-refractivity contribution < 1.29 is 18.7 Å². The number of carbonyl (C=O) groups is 2. The Morgan fingerprint density at radius 3 is 2.76 bits per heavy atom. The Balaban J connectivity index is 1.69. The highest BCUT2D eigenvalue weighted by molar-refractivity contribution is 9.10. The number of hydrogen-bond acceptors (Lipinski definition) is 6. The third-order valence-electron chi connectivity index (χ3n) is 3.28. The molecule has 1 aromatic carbocycles. The summed E-state index contributed by atoms with van der Waals surface area (Å²) in [5, 5.41) is 10.3. The fourth-order valence-electron chi connectivity index (χ4n) is 2.05. The number of rotatable bonds is 9. The fraction of sp³-hybridized carbons (Fsp3) is 0.375. The van der Waals surface area contributed by atoms with Gasteiger partial charge in [-0.1, -0.05) is 18.6 Å². The Bertz CT molecular complexity index is 720. The van der Waals surface area contributed by atoms with Crippen LogP contribution in [0.5, 0.6) is 0 Å². The number of carbonyl (C=O) groups excluding carboxylic acids is 2. The van der Waals surface area contributed by atoms with Gasteiger partial charge in [-0.3, -0.25) is 4.79 Å². The molecule has 25 heavy (non-hydrogen) atoms. The predicted octanol–water partition coefficient (Wildman–Crippen LogP) is 2.77. The van der Waals surface area contributed by atoms with Gasteiger partial charge >= 0.3 is 12.0 Å². The van der Waals surface area contributed by atoms with Gasteiger partial charge in [-0.15, -0.1) is 10.2 Å². The van der Waals surface area contributed by atoms with Crippen LogP contribution in [0.3, 0.4) is 0 Å². The minimum atomic E-state index is -0.541. The van der Waals surface area contributed by atoms with E-state index >= 15 is 0 Å². The number of urea groups is 1. The van der Waals surface area contributed by atoms with E-state index in [-0.39, 0.29) is 18.5 Å². The van der Waals surface area contributed by atoms with Crippen LogP contribution in [0.1, 0.15) is 31.6 Å². The lowest BCUT2D eigenvalue weighted by Crippen LogP contribution is -2.29. The molecule has 0 saturated carbocycles. The summed E-state index contributed by atoms with van der Waals surface area (Å²) >= 11 is 3.42. The topological polar surface area (TPSA) is 120 Å². The smallest absolute Gasteiger partial charge is 0.312 e. The Morgan fingerprint density at radius 2 is 2.00 bits per heavy atom. The van der Waals surface area contributed by atoms with Crippen LogP contribution < -0.4 is 11.1 Å². The van der Waals surface area contributed by atoms with Crippen LogP contribution in [-0.4, -0.2) is 28.7 Å². The van der Waals surface area contributed by atoms with Crippen LogP contribution in [0.4, 0.5) is 4.79 Å². The van der Waals surface area contributed by atoms with E-state index in [4.69, 9.17) is 14.9 Å². The van der Waals surface area contributed by atoms with Crippen molar-refractivity contribution >= 4 is 27.9 Å². The van der Waals surface area contributed by atoms with Gasteiger partial charge in [0, 0.05) is 17.4 Å². The highest BCUT2D eigenvalue weighted by Crippen LogP contribution is 2.26. The largest absolute Gasteiger partial charge is 0.456 e. The van der Waals surface area contributed by atoms with Gasteiger partial charge in [0.1, 0.15) is 0 Å². The van der Waals surface area contributed by atoms with E-state index in [0.717, 1.165) is 22.9 Å². The average Bonchev–Trinajstić information content (AvgIpc) is 3.05. The molecule has 8 nitrogen and oxygen atoms in total. The highest BCUT2D eigenvalue weighted by atomic mass is 79.9. The fourth-order valence-corrected chi connectivity index (χ4v) is 2.51. The molecule has 1 heterocycles. The molecule has 0 spiro atoms. The number of nitrogens with one attached hydrogen (secondary N) is 1. The van der Waals surface area contributed by atoms with Gasteiger partial charge < -0.3 is 20.2 Å². The van der Waals surface area contributed by atoms with E-state index in [1.54, 1.807) is 0 Å². The van der Waals surface area contributed by atoms with E-state index < -0.39 is 6.03 Å². The number of esters is 1. The van der Waals surface area contributed by atoms with Crippen LogP contribution in [0.2, 0.25) is 0 Å². The van der Waals surface area contributed by atoms with Crippen molar-refractivity contribution in [3.05, 3.63) is 34.6 Å². The van der Waals surface area contributed by atoms with Crippen LogP contribution in [0.25, 0.3) is 11.5 Å². The number of nitrogens with two attached hydrogens (primary N) is 1. The lowest BCUT2D eigenvalue weighted by Gasteiger charge is -2.03. The number of primary amides is 1. The maximum Gasteiger partial charge on any atom is 0.312 e. The van der Waals surface area contributed by atoms with Gasteiger partial charge in [-0.25, -0.2) is 4.79 Å². The van der Waals surface area contributed by atoms with Gasteiger partial charge in [0.15, 0.2) is 6.61 Å². The maximum absolute atomic E-state index is 11.7. The van der Waals surface area contributed by atoms with Crippen molar-refractivity contribution in [3.8, 4) is 11.5 Å².